The van der Waals surface area contributed by atoms with Gasteiger partial charge >= 0.3 is 0 Å². The van der Waals surface area contributed by atoms with E-state index in [4.69, 9.17) is 14.2 Å². The Bertz CT molecular complexity index is 499. The molecule has 1 fully saturated rings. The molecule has 130 valence electrons. The lowest BCUT2D eigenvalue weighted by atomic mass is 10.1. The van der Waals surface area contributed by atoms with Crippen LogP contribution in [0.2, 0.25) is 0 Å². The van der Waals surface area contributed by atoms with Crippen LogP contribution in [0.25, 0.3) is 0 Å². The van der Waals surface area contributed by atoms with Gasteiger partial charge in [-0.25, -0.2) is 0 Å². The van der Waals surface area contributed by atoms with Crippen LogP contribution < -0.4 is 14.2 Å². The van der Waals surface area contributed by atoms with Gasteiger partial charge in [0.15, 0.2) is 11.5 Å². The molecule has 0 unspecified atom stereocenters. The zero-order valence-electron chi connectivity index (χ0n) is 15.1. The van der Waals surface area contributed by atoms with E-state index in [1.165, 1.54) is 6.42 Å². The SMILES string of the molecule is CC[C@H](C)N1CCN(Cc2ccc(OC)c(OC)c2OC)CC1. The Morgan fingerprint density at radius 3 is 2.13 bits per heavy atom. The standard InChI is InChI=1S/C18H30N2O3/c1-6-14(2)20-11-9-19(10-12-20)13-15-7-8-16(21-3)18(23-5)17(15)22-4/h7-8,14H,6,9-13H2,1-5H3/t14-/m0/s1. The van der Waals surface area contributed by atoms with Crippen LogP contribution in [0.15, 0.2) is 12.1 Å². The summed E-state index contributed by atoms with van der Waals surface area (Å²) in [6, 6.07) is 4.70. The number of hydrogen-bond donors (Lipinski definition) is 0. The number of hydrogen-bond acceptors (Lipinski definition) is 5. The molecule has 0 radical (unpaired) electrons. The number of rotatable bonds is 7. The molecule has 1 aromatic rings. The molecule has 0 bridgehead atoms. The first kappa shape index (κ1) is 17.9. The fourth-order valence-electron chi connectivity index (χ4n) is 3.15. The molecule has 1 saturated heterocycles. The molecule has 1 heterocycles. The van der Waals surface area contributed by atoms with Crippen LogP contribution in [-0.4, -0.2) is 63.4 Å². The van der Waals surface area contributed by atoms with Gasteiger partial charge in [-0.2, -0.15) is 0 Å². The summed E-state index contributed by atoms with van der Waals surface area (Å²) in [5.41, 5.74) is 1.14. The largest absolute Gasteiger partial charge is 0.493 e. The summed E-state index contributed by atoms with van der Waals surface area (Å²) in [6.45, 7) is 9.87. The van der Waals surface area contributed by atoms with Crippen LogP contribution in [-0.2, 0) is 6.54 Å². The lowest BCUT2D eigenvalue weighted by molar-refractivity contribution is 0.0957. The third-order valence-corrected chi connectivity index (χ3v) is 4.80. The van der Waals surface area contributed by atoms with Crippen LogP contribution in [0.5, 0.6) is 17.2 Å². The molecule has 0 aliphatic carbocycles. The quantitative estimate of drug-likeness (QED) is 0.771. The number of ether oxygens (including phenoxy) is 3. The highest BCUT2D eigenvalue weighted by Crippen LogP contribution is 2.40. The van der Waals surface area contributed by atoms with Crippen LogP contribution in [0.4, 0.5) is 0 Å². The minimum Gasteiger partial charge on any atom is -0.493 e. The molecule has 0 amide bonds. The first-order valence-electron chi connectivity index (χ1n) is 8.38. The molecule has 5 heteroatoms. The van der Waals surface area contributed by atoms with Gasteiger partial charge in [-0.15, -0.1) is 0 Å². The Kier molecular flexibility index (Phi) is 6.54. The van der Waals surface area contributed by atoms with Crippen LogP contribution >= 0.6 is 0 Å². The summed E-state index contributed by atoms with van der Waals surface area (Å²) in [5.74, 6) is 2.15. The topological polar surface area (TPSA) is 34.2 Å². The molecule has 1 aromatic carbocycles. The van der Waals surface area contributed by atoms with E-state index in [2.05, 4.69) is 29.7 Å². The van der Waals surface area contributed by atoms with E-state index in [1.54, 1.807) is 21.3 Å². The monoisotopic (exact) mass is 322 g/mol. The van der Waals surface area contributed by atoms with Crippen molar-refractivity contribution in [2.24, 2.45) is 0 Å². The summed E-state index contributed by atoms with van der Waals surface area (Å²) in [7, 11) is 4.97. The lowest BCUT2D eigenvalue weighted by Gasteiger charge is -2.38. The molecule has 2 rings (SSSR count). The maximum Gasteiger partial charge on any atom is 0.203 e. The molecule has 0 N–H and O–H groups in total. The minimum absolute atomic E-state index is 0.672. The Balaban J connectivity index is 2.06. The molecule has 0 saturated carbocycles. The second-order valence-corrected chi connectivity index (χ2v) is 6.06. The normalized spacial score (nSPS) is 17.8. The average molecular weight is 322 g/mol. The van der Waals surface area contributed by atoms with Crippen molar-refractivity contribution in [2.45, 2.75) is 32.9 Å². The number of nitrogens with zero attached hydrogens (tertiary/aromatic N) is 2. The maximum atomic E-state index is 5.59. The predicted molar refractivity (Wildman–Crippen MR) is 92.7 cm³/mol. The van der Waals surface area contributed by atoms with Crippen molar-refractivity contribution in [3.05, 3.63) is 17.7 Å². The summed E-state index contributed by atoms with van der Waals surface area (Å²) in [4.78, 5) is 5.05. The highest BCUT2D eigenvalue weighted by Gasteiger charge is 2.22. The van der Waals surface area contributed by atoms with Crippen molar-refractivity contribution in [3.63, 3.8) is 0 Å². The van der Waals surface area contributed by atoms with Crippen molar-refractivity contribution < 1.29 is 14.2 Å². The molecular weight excluding hydrogens is 292 g/mol. The molecule has 1 atom stereocenters. The van der Waals surface area contributed by atoms with Crippen LogP contribution in [0.3, 0.4) is 0 Å². The Hall–Kier alpha value is -1.46. The van der Waals surface area contributed by atoms with Crippen molar-refractivity contribution in [2.75, 3.05) is 47.5 Å². The van der Waals surface area contributed by atoms with Gasteiger partial charge in [0.25, 0.3) is 0 Å². The van der Waals surface area contributed by atoms with E-state index in [9.17, 15) is 0 Å². The molecule has 0 spiro atoms. The highest BCUT2D eigenvalue weighted by atomic mass is 16.5. The summed E-state index contributed by atoms with van der Waals surface area (Å²) in [5, 5.41) is 0. The zero-order valence-corrected chi connectivity index (χ0v) is 15.1. The molecule has 0 aromatic heterocycles. The Labute approximate surface area is 140 Å². The van der Waals surface area contributed by atoms with Gasteiger partial charge in [-0.3, -0.25) is 9.80 Å². The smallest absolute Gasteiger partial charge is 0.203 e. The van der Waals surface area contributed by atoms with Gasteiger partial charge in [-0.05, 0) is 19.4 Å². The maximum absolute atomic E-state index is 5.59. The minimum atomic E-state index is 0.672. The lowest BCUT2D eigenvalue weighted by Crippen LogP contribution is -2.49. The zero-order chi connectivity index (χ0) is 16.8. The van der Waals surface area contributed by atoms with Gasteiger partial charge in [-0.1, -0.05) is 13.0 Å². The average Bonchev–Trinajstić information content (AvgIpc) is 2.61. The van der Waals surface area contributed by atoms with Crippen molar-refractivity contribution in [1.29, 1.82) is 0 Å². The molecule has 1 aliphatic rings. The third kappa shape index (κ3) is 4.09. The molecule has 5 nitrogen and oxygen atoms in total. The van der Waals surface area contributed by atoms with Crippen molar-refractivity contribution in [1.82, 2.24) is 9.80 Å². The second kappa shape index (κ2) is 8.41. The number of methoxy groups -OCH3 is 3. The highest BCUT2D eigenvalue weighted by molar-refractivity contribution is 5.55. The van der Waals surface area contributed by atoms with Gasteiger partial charge in [0.05, 0.1) is 21.3 Å². The number of benzene rings is 1. The summed E-state index contributed by atoms with van der Waals surface area (Å²) >= 11 is 0. The molecule has 1 aliphatic heterocycles. The van der Waals surface area contributed by atoms with E-state index in [0.29, 0.717) is 17.5 Å². The van der Waals surface area contributed by atoms with Gasteiger partial charge < -0.3 is 14.2 Å². The van der Waals surface area contributed by atoms with Crippen LogP contribution in [0.1, 0.15) is 25.8 Å². The Morgan fingerprint density at radius 2 is 1.61 bits per heavy atom. The Morgan fingerprint density at radius 1 is 0.957 bits per heavy atom. The molecule has 23 heavy (non-hydrogen) atoms. The van der Waals surface area contributed by atoms with E-state index < -0.39 is 0 Å². The second-order valence-electron chi connectivity index (χ2n) is 6.06. The van der Waals surface area contributed by atoms with E-state index in [-0.39, 0.29) is 0 Å². The fraction of sp³-hybridized carbons (Fsp3) is 0.667. The van der Waals surface area contributed by atoms with Gasteiger partial charge in [0.1, 0.15) is 0 Å². The van der Waals surface area contributed by atoms with Gasteiger partial charge in [0.2, 0.25) is 5.75 Å². The summed E-state index contributed by atoms with van der Waals surface area (Å²) in [6.07, 6.45) is 1.21. The third-order valence-electron chi connectivity index (χ3n) is 4.80. The first-order chi connectivity index (χ1) is 11.1. The predicted octanol–water partition coefficient (Wildman–Crippen LogP) is 2.63. The van der Waals surface area contributed by atoms with Crippen LogP contribution in [0, 0.1) is 0 Å². The van der Waals surface area contributed by atoms with E-state index in [1.807, 2.05) is 6.07 Å². The van der Waals surface area contributed by atoms with Crippen molar-refractivity contribution in [3.8, 4) is 17.2 Å². The van der Waals surface area contributed by atoms with Crippen molar-refractivity contribution >= 4 is 0 Å². The summed E-state index contributed by atoms with van der Waals surface area (Å²) < 4.78 is 16.4. The van der Waals surface area contributed by atoms with E-state index in [0.717, 1.165) is 44.0 Å². The number of piperazine rings is 1. The van der Waals surface area contributed by atoms with E-state index >= 15 is 0 Å². The first-order valence-corrected chi connectivity index (χ1v) is 8.38. The molecular formula is C18H30N2O3. The van der Waals surface area contributed by atoms with Gasteiger partial charge in [0, 0.05) is 44.3 Å². The fourth-order valence-corrected chi connectivity index (χ4v) is 3.15.